The topological polar surface area (TPSA) is 174 Å². The molecule has 0 radical (unpaired) electrons. The molecule has 1 aromatic rings. The monoisotopic (exact) mass is 337 g/mol. The highest BCUT2D eigenvalue weighted by Gasteiger charge is 2.74. The summed E-state index contributed by atoms with van der Waals surface area (Å²) in [5.41, 5.74) is 0.160. The Kier molecular flexibility index (Phi) is 4.03. The van der Waals surface area contributed by atoms with Crippen LogP contribution in [0.1, 0.15) is 11.1 Å². The van der Waals surface area contributed by atoms with E-state index in [1.165, 1.54) is 19.1 Å². The number of ether oxygens (including phenoxy) is 1. The molecule has 0 amide bonds. The zero-order valence-electron chi connectivity index (χ0n) is 11.8. The predicted molar refractivity (Wildman–Crippen MR) is 66.4 cm³/mol. The van der Waals surface area contributed by atoms with E-state index in [1.807, 2.05) is 0 Å². The second-order valence-electron chi connectivity index (χ2n) is 5.26. The van der Waals surface area contributed by atoms with Gasteiger partial charge >= 0.3 is 23.8 Å². The Balaban J connectivity index is 2.48. The Labute approximate surface area is 128 Å². The normalized spacial score (nSPS) is 25.3. The van der Waals surface area contributed by atoms with Crippen molar-refractivity contribution < 1.29 is 50.0 Å². The van der Waals surface area contributed by atoms with Crippen LogP contribution in [-0.4, -0.2) is 69.5 Å². The minimum atomic E-state index is -4.02. The molecule has 0 saturated carbocycles. The van der Waals surface area contributed by atoms with E-state index in [2.05, 4.69) is 4.74 Å². The summed E-state index contributed by atoms with van der Waals surface area (Å²) in [5, 5.41) is 76.5. The third-order valence-corrected chi connectivity index (χ3v) is 3.49. The molecule has 1 saturated heterocycles. The molecular formula is C12H16FNO9. The largest absolute Gasteiger partial charge is 0.356 e. The molecule has 1 aliphatic rings. The van der Waals surface area contributed by atoms with Crippen LogP contribution in [-0.2, 0) is 11.3 Å². The molecule has 1 aliphatic heterocycles. The van der Waals surface area contributed by atoms with Gasteiger partial charge in [-0.1, -0.05) is 12.1 Å². The van der Waals surface area contributed by atoms with E-state index in [0.717, 1.165) is 6.07 Å². The van der Waals surface area contributed by atoms with Crippen molar-refractivity contribution in [1.82, 2.24) is 4.90 Å². The zero-order chi connectivity index (χ0) is 17.8. The molecule has 0 bridgehead atoms. The maximum absolute atomic E-state index is 13.5. The first-order chi connectivity index (χ1) is 10.2. The Hall–Kier alpha value is -1.25. The molecule has 0 atom stereocenters. The smallest absolute Gasteiger partial charge is 0.347 e. The van der Waals surface area contributed by atoms with Crippen LogP contribution in [0.15, 0.2) is 18.2 Å². The average Bonchev–Trinajstić information content (AvgIpc) is 2.36. The molecule has 130 valence electrons. The molecule has 1 fully saturated rings. The number of morpholine rings is 1. The molecule has 0 spiro atoms. The van der Waals surface area contributed by atoms with Crippen molar-refractivity contribution in [3.63, 3.8) is 0 Å². The lowest BCUT2D eigenvalue weighted by molar-refractivity contribution is -0.659. The van der Waals surface area contributed by atoms with Crippen molar-refractivity contribution >= 4 is 0 Å². The average molecular weight is 337 g/mol. The quantitative estimate of drug-likeness (QED) is 0.253. The first-order valence-corrected chi connectivity index (χ1v) is 6.24. The molecule has 8 N–H and O–H groups in total. The van der Waals surface area contributed by atoms with E-state index < -0.39 is 36.1 Å². The molecule has 1 heterocycles. The van der Waals surface area contributed by atoms with E-state index in [4.69, 9.17) is 0 Å². The lowest BCUT2D eigenvalue weighted by Gasteiger charge is -2.55. The highest BCUT2D eigenvalue weighted by Crippen LogP contribution is 2.42. The summed E-state index contributed by atoms with van der Waals surface area (Å²) >= 11 is 0. The van der Waals surface area contributed by atoms with Gasteiger partial charge in [0.15, 0.2) is 0 Å². The van der Waals surface area contributed by atoms with E-state index in [-0.39, 0.29) is 16.0 Å². The van der Waals surface area contributed by atoms with Crippen LogP contribution in [0, 0.1) is 12.7 Å². The van der Waals surface area contributed by atoms with Gasteiger partial charge in [0.1, 0.15) is 5.82 Å². The van der Waals surface area contributed by atoms with Gasteiger partial charge in [0.2, 0.25) is 0 Å². The summed E-state index contributed by atoms with van der Waals surface area (Å²) in [4.78, 5) is -0.312. The second kappa shape index (κ2) is 5.12. The Morgan fingerprint density at radius 1 is 0.957 bits per heavy atom. The number of halogens is 1. The van der Waals surface area contributed by atoms with Crippen LogP contribution in [0.4, 0.5) is 4.39 Å². The van der Waals surface area contributed by atoms with Crippen LogP contribution in [0.3, 0.4) is 0 Å². The van der Waals surface area contributed by atoms with Gasteiger partial charge in [-0.25, -0.2) is 4.39 Å². The second-order valence-corrected chi connectivity index (χ2v) is 5.26. The molecular weight excluding hydrogens is 321 g/mol. The molecule has 11 heteroatoms. The van der Waals surface area contributed by atoms with Crippen LogP contribution in [0.5, 0.6) is 0 Å². The molecule has 1 aromatic carbocycles. The van der Waals surface area contributed by atoms with Gasteiger partial charge < -0.3 is 40.9 Å². The van der Waals surface area contributed by atoms with Crippen molar-refractivity contribution in [3.05, 3.63) is 35.1 Å². The molecule has 23 heavy (non-hydrogen) atoms. The minimum Gasteiger partial charge on any atom is -0.347 e. The van der Waals surface area contributed by atoms with Crippen molar-refractivity contribution in [3.8, 4) is 0 Å². The fourth-order valence-corrected chi connectivity index (χ4v) is 2.04. The summed E-state index contributed by atoms with van der Waals surface area (Å²) in [7, 11) is 0. The Morgan fingerprint density at radius 3 is 1.87 bits per heavy atom. The first-order valence-electron chi connectivity index (χ1n) is 6.24. The van der Waals surface area contributed by atoms with Crippen molar-refractivity contribution in [2.45, 2.75) is 37.2 Å². The van der Waals surface area contributed by atoms with Crippen molar-refractivity contribution in [2.75, 3.05) is 0 Å². The van der Waals surface area contributed by atoms with E-state index in [1.54, 1.807) is 0 Å². The molecule has 0 unspecified atom stereocenters. The number of rotatable bonds is 2. The number of aryl methyl sites for hydroxylation is 1. The van der Waals surface area contributed by atoms with E-state index >= 15 is 0 Å². The van der Waals surface area contributed by atoms with Gasteiger partial charge in [-0.15, -0.1) is 0 Å². The fraction of sp³-hybridized carbons (Fsp3) is 0.500. The summed E-state index contributed by atoms with van der Waals surface area (Å²) < 4.78 is 17.2. The highest BCUT2D eigenvalue weighted by atomic mass is 19.1. The summed E-state index contributed by atoms with van der Waals surface area (Å²) in [6.45, 7) is 0.504. The Bertz CT molecular complexity index is 591. The minimum absolute atomic E-state index is 0.0819. The zero-order valence-corrected chi connectivity index (χ0v) is 11.8. The van der Waals surface area contributed by atoms with Crippen LogP contribution < -0.4 is 0 Å². The Morgan fingerprint density at radius 2 is 1.43 bits per heavy atom. The standard InChI is InChI=1S/C12H16FNO9/c1-6-2-3-7(4-8(6)13)5-14-9(15,16)11(19,20)23-12(21,22)10(14,17)18/h2-4,15-22H,5H2,1H3. The first kappa shape index (κ1) is 18.1. The molecule has 0 aliphatic carbocycles. The number of hydrogen-bond donors (Lipinski definition) is 8. The van der Waals surface area contributed by atoms with Crippen LogP contribution in [0.2, 0.25) is 0 Å². The summed E-state index contributed by atoms with van der Waals surface area (Å²) in [6, 6.07) is 3.44. The van der Waals surface area contributed by atoms with E-state index in [0.29, 0.717) is 0 Å². The SMILES string of the molecule is Cc1ccc(CN2C(O)(O)C(O)(O)OC(O)(O)C2(O)O)cc1F. The maximum Gasteiger partial charge on any atom is 0.356 e. The highest BCUT2D eigenvalue weighted by molar-refractivity contribution is 5.23. The van der Waals surface area contributed by atoms with Gasteiger partial charge in [0.25, 0.3) is 0 Å². The van der Waals surface area contributed by atoms with Crippen LogP contribution in [0.25, 0.3) is 0 Å². The molecule has 0 aromatic heterocycles. The number of nitrogens with zero attached hydrogens (tertiary/aromatic N) is 1. The fourth-order valence-electron chi connectivity index (χ4n) is 2.04. The van der Waals surface area contributed by atoms with Crippen LogP contribution >= 0.6 is 0 Å². The lowest BCUT2D eigenvalue weighted by Crippen LogP contribution is -2.83. The lowest BCUT2D eigenvalue weighted by atomic mass is 10.1. The van der Waals surface area contributed by atoms with E-state index in [9.17, 15) is 45.2 Å². The number of aliphatic hydroxyl groups is 8. The summed E-state index contributed by atoms with van der Waals surface area (Å²) in [5.74, 6) is -16.5. The molecule has 10 nitrogen and oxygen atoms in total. The number of hydrogen-bond acceptors (Lipinski definition) is 10. The van der Waals surface area contributed by atoms with Crippen molar-refractivity contribution in [1.29, 1.82) is 0 Å². The van der Waals surface area contributed by atoms with Crippen molar-refractivity contribution in [2.24, 2.45) is 0 Å². The van der Waals surface area contributed by atoms with Gasteiger partial charge in [-0.05, 0) is 24.1 Å². The predicted octanol–water partition coefficient (Wildman–Crippen LogP) is -3.48. The number of benzene rings is 1. The third kappa shape index (κ3) is 2.72. The van der Waals surface area contributed by atoms with Gasteiger partial charge in [0.05, 0.1) is 0 Å². The molecule has 2 rings (SSSR count). The summed E-state index contributed by atoms with van der Waals surface area (Å²) in [6.07, 6.45) is 0. The van der Waals surface area contributed by atoms with Gasteiger partial charge in [-0.3, -0.25) is 4.74 Å². The third-order valence-electron chi connectivity index (χ3n) is 3.49. The maximum atomic E-state index is 13.5. The van der Waals surface area contributed by atoms with Gasteiger partial charge in [-0.2, -0.15) is 4.90 Å². The van der Waals surface area contributed by atoms with Gasteiger partial charge in [0, 0.05) is 6.54 Å².